The molecule has 0 aliphatic rings. The fourth-order valence-corrected chi connectivity index (χ4v) is 2.65. The van der Waals surface area contributed by atoms with Crippen LogP contribution in [-0.4, -0.2) is 32.4 Å². The van der Waals surface area contributed by atoms with Gasteiger partial charge in [-0.2, -0.15) is 10.1 Å². The number of hydrogen-bond donors (Lipinski definition) is 1. The molecule has 0 radical (unpaired) electrons. The Kier molecular flexibility index (Phi) is 4.74. The van der Waals surface area contributed by atoms with E-state index in [9.17, 15) is 4.79 Å². The van der Waals surface area contributed by atoms with E-state index in [1.165, 1.54) is 0 Å². The van der Waals surface area contributed by atoms with Gasteiger partial charge in [0.15, 0.2) is 5.82 Å². The smallest absolute Gasteiger partial charge is 0.257 e. The summed E-state index contributed by atoms with van der Waals surface area (Å²) in [6.45, 7) is 0.415. The second kappa shape index (κ2) is 7.65. The van der Waals surface area contributed by atoms with Crippen molar-refractivity contribution < 1.29 is 9.32 Å². The molecule has 0 aliphatic carbocycles. The van der Waals surface area contributed by atoms with Crippen LogP contribution >= 0.6 is 0 Å². The number of nitrogens with zero attached hydrogens (tertiary/aromatic N) is 4. The van der Waals surface area contributed by atoms with Gasteiger partial charge in [0.25, 0.3) is 11.8 Å². The van der Waals surface area contributed by atoms with Gasteiger partial charge in [0.1, 0.15) is 0 Å². The molecule has 4 rings (SSSR count). The van der Waals surface area contributed by atoms with Crippen LogP contribution in [0, 0.1) is 0 Å². The number of benzene rings is 2. The minimum absolute atomic E-state index is 0.157. The minimum atomic E-state index is -0.157. The van der Waals surface area contributed by atoms with Crippen molar-refractivity contribution >= 4 is 5.91 Å². The van der Waals surface area contributed by atoms with Gasteiger partial charge in [-0.3, -0.25) is 4.79 Å². The summed E-state index contributed by atoms with van der Waals surface area (Å²) in [7, 11) is 0. The van der Waals surface area contributed by atoms with Gasteiger partial charge in [0.05, 0.1) is 5.69 Å². The molecule has 0 unspecified atom stereocenters. The molecule has 0 spiro atoms. The van der Waals surface area contributed by atoms with Gasteiger partial charge >= 0.3 is 0 Å². The fraction of sp³-hybridized carbons (Fsp3) is 0.100. The molecule has 0 saturated carbocycles. The normalized spacial score (nSPS) is 10.7. The number of aromatic nitrogens is 4. The predicted octanol–water partition coefficient (Wildman–Crippen LogP) is 2.89. The molecule has 0 saturated heterocycles. The first-order valence-electron chi connectivity index (χ1n) is 8.56. The third-order valence-electron chi connectivity index (χ3n) is 4.00. The van der Waals surface area contributed by atoms with E-state index >= 15 is 0 Å². The number of rotatable bonds is 6. The van der Waals surface area contributed by atoms with Crippen LogP contribution in [0.5, 0.6) is 0 Å². The standard InChI is InChI=1S/C20H17N5O2/c26-19(16-8-4-9-17(14-16)25-13-5-11-22-25)21-12-10-18-23-20(27-24-18)15-6-2-1-3-7-15/h1-9,11,13-14H,10,12H2,(H,21,26). The van der Waals surface area contributed by atoms with Crippen LogP contribution in [0.3, 0.4) is 0 Å². The molecule has 1 amide bonds. The van der Waals surface area contributed by atoms with Crippen molar-refractivity contribution in [3.05, 3.63) is 84.4 Å². The molecule has 7 nitrogen and oxygen atoms in total. The van der Waals surface area contributed by atoms with Gasteiger partial charge in [0, 0.05) is 36.5 Å². The van der Waals surface area contributed by atoms with Gasteiger partial charge in [-0.1, -0.05) is 29.4 Å². The number of carbonyl (C=O) groups is 1. The Morgan fingerprint density at radius 3 is 2.78 bits per heavy atom. The summed E-state index contributed by atoms with van der Waals surface area (Å²) < 4.78 is 6.98. The molecule has 134 valence electrons. The van der Waals surface area contributed by atoms with Crippen LogP contribution in [0.2, 0.25) is 0 Å². The highest BCUT2D eigenvalue weighted by molar-refractivity contribution is 5.94. The molecule has 7 heteroatoms. The van der Waals surface area contributed by atoms with Gasteiger partial charge in [-0.15, -0.1) is 0 Å². The van der Waals surface area contributed by atoms with Crippen molar-refractivity contribution in [2.45, 2.75) is 6.42 Å². The molecular formula is C20H17N5O2. The van der Waals surface area contributed by atoms with Crippen molar-refractivity contribution in [1.82, 2.24) is 25.2 Å². The zero-order valence-corrected chi connectivity index (χ0v) is 14.4. The maximum atomic E-state index is 12.4. The topological polar surface area (TPSA) is 85.8 Å². The Morgan fingerprint density at radius 2 is 1.96 bits per heavy atom. The van der Waals surface area contributed by atoms with E-state index in [4.69, 9.17) is 4.52 Å². The Balaban J connectivity index is 1.35. The Labute approximate surface area is 155 Å². The van der Waals surface area contributed by atoms with E-state index < -0.39 is 0 Å². The van der Waals surface area contributed by atoms with Crippen LogP contribution in [0.25, 0.3) is 17.1 Å². The molecule has 27 heavy (non-hydrogen) atoms. The maximum absolute atomic E-state index is 12.4. The highest BCUT2D eigenvalue weighted by Gasteiger charge is 2.10. The fourth-order valence-electron chi connectivity index (χ4n) is 2.65. The first-order chi connectivity index (χ1) is 13.3. The molecule has 4 aromatic rings. The molecule has 1 N–H and O–H groups in total. The summed E-state index contributed by atoms with van der Waals surface area (Å²) >= 11 is 0. The number of amides is 1. The average Bonchev–Trinajstić information content (AvgIpc) is 3.41. The second-order valence-electron chi connectivity index (χ2n) is 5.89. The number of carbonyl (C=O) groups excluding carboxylic acids is 1. The lowest BCUT2D eigenvalue weighted by molar-refractivity contribution is 0.0954. The summed E-state index contributed by atoms with van der Waals surface area (Å²) in [5.41, 5.74) is 2.27. The zero-order chi connectivity index (χ0) is 18.5. The van der Waals surface area contributed by atoms with Crippen molar-refractivity contribution in [2.24, 2.45) is 0 Å². The highest BCUT2D eigenvalue weighted by Crippen LogP contribution is 2.16. The van der Waals surface area contributed by atoms with E-state index in [-0.39, 0.29) is 5.91 Å². The van der Waals surface area contributed by atoms with Crippen LogP contribution in [-0.2, 0) is 6.42 Å². The minimum Gasteiger partial charge on any atom is -0.352 e. The van der Waals surface area contributed by atoms with Crippen molar-refractivity contribution in [3.63, 3.8) is 0 Å². The molecular weight excluding hydrogens is 342 g/mol. The van der Waals surface area contributed by atoms with Gasteiger partial charge < -0.3 is 9.84 Å². The molecule has 2 heterocycles. The third kappa shape index (κ3) is 3.92. The monoisotopic (exact) mass is 359 g/mol. The second-order valence-corrected chi connectivity index (χ2v) is 5.89. The van der Waals surface area contributed by atoms with Gasteiger partial charge in [-0.05, 0) is 36.4 Å². The average molecular weight is 359 g/mol. The van der Waals surface area contributed by atoms with Crippen molar-refractivity contribution in [2.75, 3.05) is 6.54 Å². The van der Waals surface area contributed by atoms with Crippen LogP contribution in [0.1, 0.15) is 16.2 Å². The number of nitrogens with one attached hydrogen (secondary N) is 1. The summed E-state index contributed by atoms with van der Waals surface area (Å²) in [6.07, 6.45) is 4.01. The van der Waals surface area contributed by atoms with E-state index in [0.29, 0.717) is 30.2 Å². The van der Waals surface area contributed by atoms with Crippen molar-refractivity contribution in [1.29, 1.82) is 0 Å². The lowest BCUT2D eigenvalue weighted by Crippen LogP contribution is -2.26. The molecule has 0 fully saturated rings. The lowest BCUT2D eigenvalue weighted by atomic mass is 10.2. The van der Waals surface area contributed by atoms with Crippen LogP contribution in [0.15, 0.2) is 77.6 Å². The van der Waals surface area contributed by atoms with Crippen molar-refractivity contribution in [3.8, 4) is 17.1 Å². The largest absolute Gasteiger partial charge is 0.352 e. The Bertz CT molecular complexity index is 1030. The quantitative estimate of drug-likeness (QED) is 0.572. The first-order valence-corrected chi connectivity index (χ1v) is 8.56. The summed E-state index contributed by atoms with van der Waals surface area (Å²) in [5, 5.41) is 11.0. The Morgan fingerprint density at radius 1 is 1.07 bits per heavy atom. The number of hydrogen-bond acceptors (Lipinski definition) is 5. The van der Waals surface area contributed by atoms with E-state index in [0.717, 1.165) is 11.3 Å². The molecule has 0 atom stereocenters. The van der Waals surface area contributed by atoms with Crippen LogP contribution < -0.4 is 5.32 Å². The van der Waals surface area contributed by atoms with E-state index in [2.05, 4.69) is 20.6 Å². The van der Waals surface area contributed by atoms with E-state index in [1.54, 1.807) is 23.0 Å². The predicted molar refractivity (Wildman–Crippen MR) is 99.3 cm³/mol. The molecule has 0 bridgehead atoms. The Hall–Kier alpha value is -3.74. The summed E-state index contributed by atoms with van der Waals surface area (Å²) in [4.78, 5) is 16.7. The lowest BCUT2D eigenvalue weighted by Gasteiger charge is -2.06. The van der Waals surface area contributed by atoms with Crippen LogP contribution in [0.4, 0.5) is 0 Å². The van der Waals surface area contributed by atoms with E-state index in [1.807, 2.05) is 54.7 Å². The molecule has 2 aromatic carbocycles. The zero-order valence-electron chi connectivity index (χ0n) is 14.4. The van der Waals surface area contributed by atoms with Gasteiger partial charge in [0.2, 0.25) is 0 Å². The highest BCUT2D eigenvalue weighted by atomic mass is 16.5. The maximum Gasteiger partial charge on any atom is 0.257 e. The first kappa shape index (κ1) is 16.7. The molecule has 0 aliphatic heterocycles. The summed E-state index contributed by atoms with van der Waals surface area (Å²) in [6, 6.07) is 18.7. The summed E-state index contributed by atoms with van der Waals surface area (Å²) in [5.74, 6) is 0.874. The molecule has 2 aromatic heterocycles. The third-order valence-corrected chi connectivity index (χ3v) is 4.00. The SMILES string of the molecule is O=C(NCCc1noc(-c2ccccc2)n1)c1cccc(-n2cccn2)c1. The van der Waals surface area contributed by atoms with Gasteiger partial charge in [-0.25, -0.2) is 4.68 Å².